The number of rotatable bonds is 11. The number of carbonyl (C=O) groups excluding carboxylic acids is 1. The predicted molar refractivity (Wildman–Crippen MR) is 132 cm³/mol. The van der Waals surface area contributed by atoms with Gasteiger partial charge in [0.25, 0.3) is 5.91 Å². The van der Waals surface area contributed by atoms with Crippen LogP contribution in [-0.2, 0) is 21.3 Å². The topological polar surface area (TPSA) is 81.0 Å². The monoisotopic (exact) mass is 503 g/mol. The molecule has 180 valence electrons. The van der Waals surface area contributed by atoms with E-state index in [2.05, 4.69) is 18.2 Å². The molecule has 2 aromatic carbocycles. The normalized spacial score (nSPS) is 12.4. The lowest BCUT2D eigenvalue weighted by Gasteiger charge is -2.19. The lowest BCUT2D eigenvalue weighted by atomic mass is 10.2. The number of thiazole rings is 1. The summed E-state index contributed by atoms with van der Waals surface area (Å²) in [5, 5.41) is 0. The second kappa shape index (κ2) is 11.5. The van der Waals surface area contributed by atoms with Crippen LogP contribution in [-0.4, -0.2) is 49.5 Å². The highest BCUT2D eigenvalue weighted by Gasteiger charge is 2.22. The lowest BCUT2D eigenvalue weighted by Crippen LogP contribution is -2.31. The molecule has 1 aromatic heterocycles. The molecule has 0 fully saturated rings. The van der Waals surface area contributed by atoms with E-state index in [0.717, 1.165) is 5.52 Å². The Hall–Kier alpha value is -2.92. The molecule has 0 unspecified atom stereocenters. The van der Waals surface area contributed by atoms with Gasteiger partial charge in [0, 0.05) is 31.8 Å². The number of amides is 1. The third-order valence-electron chi connectivity index (χ3n) is 4.91. The van der Waals surface area contributed by atoms with Gasteiger partial charge in [-0.25, -0.2) is 12.8 Å². The summed E-state index contributed by atoms with van der Waals surface area (Å²) in [7, 11) is -3.77. The third kappa shape index (κ3) is 5.76. The molecule has 0 saturated heterocycles. The fourth-order valence-corrected chi connectivity index (χ4v) is 5.74. The van der Waals surface area contributed by atoms with E-state index >= 15 is 0 Å². The number of hydrogen-bond donors (Lipinski definition) is 0. The first-order valence-corrected chi connectivity index (χ1v) is 12.8. The Morgan fingerprint density at radius 1 is 1.18 bits per heavy atom. The van der Waals surface area contributed by atoms with Crippen molar-refractivity contribution >= 4 is 37.5 Å². The third-order valence-corrected chi connectivity index (χ3v) is 7.80. The zero-order valence-electron chi connectivity index (χ0n) is 18.8. The largest absolute Gasteiger partial charge is 0.380 e. The molecule has 1 amide bonds. The average Bonchev–Trinajstić information content (AvgIpc) is 3.15. The van der Waals surface area contributed by atoms with Crippen LogP contribution >= 0.6 is 11.3 Å². The van der Waals surface area contributed by atoms with E-state index in [-0.39, 0.29) is 29.4 Å². The summed E-state index contributed by atoms with van der Waals surface area (Å²) < 4.78 is 48.6. The predicted octanol–water partition coefficient (Wildman–Crippen LogP) is 3.98. The van der Waals surface area contributed by atoms with Crippen molar-refractivity contribution in [3.8, 4) is 0 Å². The maximum absolute atomic E-state index is 13.7. The van der Waals surface area contributed by atoms with Gasteiger partial charge in [0.15, 0.2) is 4.80 Å². The summed E-state index contributed by atoms with van der Waals surface area (Å²) in [4.78, 5) is 17.6. The Balaban J connectivity index is 1.94. The van der Waals surface area contributed by atoms with E-state index in [1.807, 2.05) is 11.5 Å². The first-order chi connectivity index (χ1) is 16.3. The molecule has 0 N–H and O–H groups in total. The SMILES string of the molecule is C=CCN(CC=C)S(=O)(=O)c1ccc(C(=O)N=c2sc3cc(F)ccc3n2CCOCC)cc1. The zero-order chi connectivity index (χ0) is 24.7. The molecule has 10 heteroatoms. The first kappa shape index (κ1) is 25.7. The van der Waals surface area contributed by atoms with Crippen LogP contribution in [0, 0.1) is 5.82 Å². The summed E-state index contributed by atoms with van der Waals surface area (Å²) >= 11 is 1.20. The van der Waals surface area contributed by atoms with Gasteiger partial charge in [-0.2, -0.15) is 9.30 Å². The molecule has 0 radical (unpaired) electrons. The highest BCUT2D eigenvalue weighted by Crippen LogP contribution is 2.20. The molecule has 0 aliphatic rings. The summed E-state index contributed by atoms with van der Waals surface area (Å²) in [6.07, 6.45) is 2.99. The number of benzene rings is 2. The number of hydrogen-bond acceptors (Lipinski definition) is 5. The van der Waals surface area contributed by atoms with Gasteiger partial charge < -0.3 is 9.30 Å². The fourth-order valence-electron chi connectivity index (χ4n) is 3.28. The zero-order valence-corrected chi connectivity index (χ0v) is 20.4. The Kier molecular flexibility index (Phi) is 8.67. The van der Waals surface area contributed by atoms with Crippen molar-refractivity contribution in [2.45, 2.75) is 18.4 Å². The van der Waals surface area contributed by atoms with Gasteiger partial charge in [0.2, 0.25) is 10.0 Å². The maximum atomic E-state index is 13.7. The Bertz CT molecular complexity index is 1350. The van der Waals surface area contributed by atoms with Crippen LogP contribution in [0.4, 0.5) is 4.39 Å². The number of sulfonamides is 1. The van der Waals surface area contributed by atoms with Crippen LogP contribution in [0.3, 0.4) is 0 Å². The molecule has 0 spiro atoms. The van der Waals surface area contributed by atoms with E-state index in [1.54, 1.807) is 6.07 Å². The van der Waals surface area contributed by atoms with Crippen molar-refractivity contribution in [2.24, 2.45) is 4.99 Å². The minimum absolute atomic E-state index is 0.0527. The number of carbonyl (C=O) groups is 1. The highest BCUT2D eigenvalue weighted by atomic mass is 32.2. The molecule has 0 aliphatic carbocycles. The maximum Gasteiger partial charge on any atom is 0.279 e. The Morgan fingerprint density at radius 3 is 2.47 bits per heavy atom. The molecular weight excluding hydrogens is 477 g/mol. The first-order valence-electron chi connectivity index (χ1n) is 10.6. The van der Waals surface area contributed by atoms with Crippen molar-refractivity contribution in [3.63, 3.8) is 0 Å². The van der Waals surface area contributed by atoms with Crippen molar-refractivity contribution in [3.05, 3.63) is 84.0 Å². The van der Waals surface area contributed by atoms with Crippen LogP contribution in [0.25, 0.3) is 10.2 Å². The van der Waals surface area contributed by atoms with Gasteiger partial charge in [-0.15, -0.1) is 13.2 Å². The van der Waals surface area contributed by atoms with Gasteiger partial charge in [-0.05, 0) is 49.4 Å². The van der Waals surface area contributed by atoms with Gasteiger partial charge in [-0.3, -0.25) is 4.79 Å². The summed E-state index contributed by atoms with van der Waals surface area (Å²) in [5.74, 6) is -0.905. The molecule has 3 aromatic rings. The number of fused-ring (bicyclic) bond motifs is 1. The van der Waals surface area contributed by atoms with Gasteiger partial charge >= 0.3 is 0 Å². The summed E-state index contributed by atoms with van der Waals surface area (Å²) in [6, 6.07) is 10.0. The van der Waals surface area contributed by atoms with Crippen LogP contribution in [0.15, 0.2) is 77.7 Å². The molecule has 0 bridgehead atoms. The van der Waals surface area contributed by atoms with Gasteiger partial charge in [-0.1, -0.05) is 23.5 Å². The molecule has 1 heterocycles. The smallest absolute Gasteiger partial charge is 0.279 e. The van der Waals surface area contributed by atoms with Crippen LogP contribution in [0.1, 0.15) is 17.3 Å². The average molecular weight is 504 g/mol. The van der Waals surface area contributed by atoms with Crippen molar-refractivity contribution in [1.29, 1.82) is 0 Å². The molecule has 34 heavy (non-hydrogen) atoms. The number of ether oxygens (including phenoxy) is 1. The van der Waals surface area contributed by atoms with Gasteiger partial charge in [0.1, 0.15) is 5.82 Å². The standard InChI is InChI=1S/C24H26FN3O4S2/c1-4-13-27(14-5-2)34(30,31)20-10-7-18(8-11-20)23(29)26-24-28(15-16-32-6-3)21-12-9-19(25)17-22(21)33-24/h4-5,7-12,17H,1-2,6,13-16H2,3H3. The molecule has 3 rings (SSSR count). The van der Waals surface area contributed by atoms with E-state index in [0.29, 0.717) is 29.3 Å². The molecular formula is C24H26FN3O4S2. The second-order valence-corrected chi connectivity index (χ2v) is 10.1. The van der Waals surface area contributed by atoms with Crippen LogP contribution in [0.2, 0.25) is 0 Å². The summed E-state index contributed by atoms with van der Waals surface area (Å²) in [6.45, 7) is 10.8. The number of halogens is 1. The molecule has 0 atom stereocenters. The quantitative estimate of drug-likeness (QED) is 0.293. The lowest BCUT2D eigenvalue weighted by molar-refractivity contribution is 0.0996. The highest BCUT2D eigenvalue weighted by molar-refractivity contribution is 7.89. The van der Waals surface area contributed by atoms with Crippen molar-refractivity contribution in [1.82, 2.24) is 8.87 Å². The number of aromatic nitrogens is 1. The van der Waals surface area contributed by atoms with Crippen molar-refractivity contribution < 1.29 is 22.3 Å². The Labute approximate surface area is 202 Å². The van der Waals surface area contributed by atoms with E-state index in [4.69, 9.17) is 4.74 Å². The van der Waals surface area contributed by atoms with E-state index in [1.165, 1.54) is 64.2 Å². The van der Waals surface area contributed by atoms with Crippen LogP contribution < -0.4 is 4.80 Å². The minimum atomic E-state index is -3.77. The summed E-state index contributed by atoms with van der Waals surface area (Å²) in [5.41, 5.74) is 0.988. The number of nitrogens with zero attached hydrogens (tertiary/aromatic N) is 3. The molecule has 7 nitrogen and oxygen atoms in total. The van der Waals surface area contributed by atoms with E-state index < -0.39 is 15.9 Å². The Morgan fingerprint density at radius 2 is 1.85 bits per heavy atom. The second-order valence-electron chi connectivity index (χ2n) is 7.19. The van der Waals surface area contributed by atoms with Crippen LogP contribution in [0.5, 0.6) is 0 Å². The van der Waals surface area contributed by atoms with Crippen molar-refractivity contribution in [2.75, 3.05) is 26.3 Å². The fraction of sp³-hybridized carbons (Fsp3) is 0.250. The van der Waals surface area contributed by atoms with E-state index in [9.17, 15) is 17.6 Å². The molecule has 0 aliphatic heterocycles. The minimum Gasteiger partial charge on any atom is -0.380 e. The van der Waals surface area contributed by atoms with Gasteiger partial charge in [0.05, 0.1) is 21.7 Å². The molecule has 0 saturated carbocycles.